The van der Waals surface area contributed by atoms with Gasteiger partial charge in [-0.2, -0.15) is 5.10 Å². The highest BCUT2D eigenvalue weighted by molar-refractivity contribution is 5.96. The van der Waals surface area contributed by atoms with Crippen molar-refractivity contribution in [2.75, 3.05) is 5.32 Å². The molecule has 7 nitrogen and oxygen atoms in total. The van der Waals surface area contributed by atoms with Gasteiger partial charge < -0.3 is 10.1 Å². The Balaban J connectivity index is 2.13. The van der Waals surface area contributed by atoms with Crippen molar-refractivity contribution in [1.82, 2.24) is 20.2 Å². The molecule has 3 aromatic heterocycles. The molecule has 0 unspecified atom stereocenters. The molecule has 0 aliphatic rings. The smallest absolute Gasteiger partial charge is 0.409 e. The third-order valence-corrected chi connectivity index (χ3v) is 2.59. The van der Waals surface area contributed by atoms with Crippen LogP contribution >= 0.6 is 0 Å². The van der Waals surface area contributed by atoms with Crippen molar-refractivity contribution >= 4 is 22.8 Å². The van der Waals surface area contributed by atoms with Gasteiger partial charge in [0.15, 0.2) is 0 Å². The number of hydrogen-bond acceptors (Lipinski definition) is 3. The quantitative estimate of drug-likeness (QED) is 0.552. The topological polar surface area (TPSA) is 107 Å². The van der Waals surface area contributed by atoms with Crippen LogP contribution in [0.4, 0.5) is 10.5 Å². The molecule has 3 rings (SSSR count). The summed E-state index contributed by atoms with van der Waals surface area (Å²) < 4.78 is 0. The van der Waals surface area contributed by atoms with Crippen molar-refractivity contribution in [3.05, 3.63) is 30.9 Å². The monoisotopic (exact) mass is 243 g/mol. The van der Waals surface area contributed by atoms with Crippen LogP contribution in [0.5, 0.6) is 0 Å². The maximum atomic E-state index is 10.6. The van der Waals surface area contributed by atoms with Gasteiger partial charge >= 0.3 is 6.09 Å². The summed E-state index contributed by atoms with van der Waals surface area (Å²) in [6.07, 6.45) is 5.62. The van der Waals surface area contributed by atoms with Crippen molar-refractivity contribution in [2.45, 2.75) is 0 Å². The summed E-state index contributed by atoms with van der Waals surface area (Å²) in [5, 5.41) is 18.4. The van der Waals surface area contributed by atoms with E-state index in [1.807, 2.05) is 6.20 Å². The molecule has 0 aliphatic heterocycles. The number of pyridine rings is 1. The molecule has 0 radical (unpaired) electrons. The predicted molar refractivity (Wildman–Crippen MR) is 65.3 cm³/mol. The lowest BCUT2D eigenvalue weighted by molar-refractivity contribution is 0.209. The Hall–Kier alpha value is -2.83. The number of carboxylic acid groups (broad SMARTS) is 1. The molecule has 0 bridgehead atoms. The number of amides is 1. The number of nitrogens with zero attached hydrogens (tertiary/aromatic N) is 2. The first-order chi connectivity index (χ1) is 8.74. The average Bonchev–Trinajstić information content (AvgIpc) is 2.94. The summed E-state index contributed by atoms with van der Waals surface area (Å²) in [6, 6.07) is 1.73. The minimum absolute atomic E-state index is 0.430. The first kappa shape index (κ1) is 10.3. The number of nitrogens with one attached hydrogen (secondary N) is 3. The molecule has 0 saturated carbocycles. The van der Waals surface area contributed by atoms with Gasteiger partial charge in [0.1, 0.15) is 5.65 Å². The van der Waals surface area contributed by atoms with E-state index in [1.54, 1.807) is 18.5 Å². The van der Waals surface area contributed by atoms with Crippen LogP contribution in [0.3, 0.4) is 0 Å². The molecule has 0 atom stereocenters. The van der Waals surface area contributed by atoms with Gasteiger partial charge in [-0.25, -0.2) is 9.78 Å². The summed E-state index contributed by atoms with van der Waals surface area (Å²) in [5.74, 6) is 0. The largest absolute Gasteiger partial charge is 0.465 e. The maximum Gasteiger partial charge on any atom is 0.409 e. The van der Waals surface area contributed by atoms with E-state index in [9.17, 15) is 4.79 Å². The van der Waals surface area contributed by atoms with Crippen molar-refractivity contribution in [3.63, 3.8) is 0 Å². The molecule has 1 amide bonds. The number of carbonyl (C=O) groups is 1. The molecule has 7 heteroatoms. The van der Waals surface area contributed by atoms with Crippen molar-refractivity contribution in [3.8, 4) is 11.1 Å². The summed E-state index contributed by atoms with van der Waals surface area (Å²) in [5.41, 5.74) is 2.96. The second-order valence-electron chi connectivity index (χ2n) is 3.74. The summed E-state index contributed by atoms with van der Waals surface area (Å²) in [4.78, 5) is 17.8. The van der Waals surface area contributed by atoms with Gasteiger partial charge in [-0.1, -0.05) is 0 Å². The molecular weight excluding hydrogens is 234 g/mol. The Bertz CT molecular complexity index is 701. The highest BCUT2D eigenvalue weighted by Crippen LogP contribution is 2.28. The van der Waals surface area contributed by atoms with Crippen molar-refractivity contribution < 1.29 is 9.90 Å². The lowest BCUT2D eigenvalue weighted by Crippen LogP contribution is -2.07. The highest BCUT2D eigenvalue weighted by Gasteiger charge is 2.09. The van der Waals surface area contributed by atoms with Gasteiger partial charge in [-0.3, -0.25) is 10.4 Å². The molecule has 0 aliphatic carbocycles. The first-order valence-electron chi connectivity index (χ1n) is 5.20. The van der Waals surface area contributed by atoms with Crippen LogP contribution in [0.15, 0.2) is 30.9 Å². The molecule has 0 saturated heterocycles. The Kier molecular flexibility index (Phi) is 2.23. The van der Waals surface area contributed by atoms with Gasteiger partial charge in [0.05, 0.1) is 18.1 Å². The van der Waals surface area contributed by atoms with Gasteiger partial charge in [-0.15, -0.1) is 0 Å². The maximum absolute atomic E-state index is 10.6. The molecule has 0 aromatic carbocycles. The molecule has 0 spiro atoms. The SMILES string of the molecule is O=C(O)Nc1cnc2[nH]cc(-c3cn[nH]c3)c2c1. The van der Waals surface area contributed by atoms with Crippen LogP contribution in [-0.2, 0) is 0 Å². The Morgan fingerprint density at radius 1 is 1.33 bits per heavy atom. The second-order valence-corrected chi connectivity index (χ2v) is 3.74. The van der Waals surface area contributed by atoms with E-state index < -0.39 is 6.09 Å². The van der Waals surface area contributed by atoms with E-state index in [1.165, 1.54) is 6.20 Å². The van der Waals surface area contributed by atoms with Crippen LogP contribution in [0.1, 0.15) is 0 Å². The highest BCUT2D eigenvalue weighted by atomic mass is 16.4. The third-order valence-electron chi connectivity index (χ3n) is 2.59. The fraction of sp³-hybridized carbons (Fsp3) is 0. The lowest BCUT2D eigenvalue weighted by atomic mass is 10.1. The number of aromatic nitrogens is 4. The van der Waals surface area contributed by atoms with E-state index in [4.69, 9.17) is 5.11 Å². The van der Waals surface area contributed by atoms with Gasteiger partial charge in [0, 0.05) is 28.9 Å². The van der Waals surface area contributed by atoms with E-state index in [2.05, 4.69) is 25.5 Å². The van der Waals surface area contributed by atoms with E-state index in [-0.39, 0.29) is 0 Å². The van der Waals surface area contributed by atoms with Gasteiger partial charge in [-0.05, 0) is 6.07 Å². The Morgan fingerprint density at radius 3 is 2.94 bits per heavy atom. The lowest BCUT2D eigenvalue weighted by Gasteiger charge is -2.00. The fourth-order valence-electron chi connectivity index (χ4n) is 1.83. The Morgan fingerprint density at radius 2 is 2.22 bits per heavy atom. The van der Waals surface area contributed by atoms with Gasteiger partial charge in [0.25, 0.3) is 0 Å². The molecule has 3 aromatic rings. The van der Waals surface area contributed by atoms with Crippen LogP contribution in [0, 0.1) is 0 Å². The number of rotatable bonds is 2. The predicted octanol–water partition coefficient (Wildman–Crippen LogP) is 2.04. The molecule has 0 fully saturated rings. The molecule has 4 N–H and O–H groups in total. The zero-order valence-electron chi connectivity index (χ0n) is 9.14. The standard InChI is InChI=1S/C11H9N5O2/c17-11(18)16-7-1-8-9(6-2-14-15-3-6)5-13-10(8)12-4-7/h1-5,16H,(H,12,13)(H,14,15)(H,17,18). The van der Waals surface area contributed by atoms with E-state index >= 15 is 0 Å². The number of hydrogen-bond donors (Lipinski definition) is 4. The number of fused-ring (bicyclic) bond motifs is 1. The second kappa shape index (κ2) is 3.88. The zero-order chi connectivity index (χ0) is 12.5. The van der Waals surface area contributed by atoms with E-state index in [0.717, 1.165) is 16.5 Å². The normalized spacial score (nSPS) is 10.7. The first-order valence-corrected chi connectivity index (χ1v) is 5.20. The van der Waals surface area contributed by atoms with Gasteiger partial charge in [0.2, 0.25) is 0 Å². The van der Waals surface area contributed by atoms with Crippen LogP contribution in [0.2, 0.25) is 0 Å². The number of H-pyrrole nitrogens is 2. The average molecular weight is 243 g/mol. The zero-order valence-corrected chi connectivity index (χ0v) is 9.14. The van der Waals surface area contributed by atoms with Crippen molar-refractivity contribution in [2.24, 2.45) is 0 Å². The molecular formula is C11H9N5O2. The minimum Gasteiger partial charge on any atom is -0.465 e. The van der Waals surface area contributed by atoms with Crippen LogP contribution < -0.4 is 5.32 Å². The molecule has 18 heavy (non-hydrogen) atoms. The van der Waals surface area contributed by atoms with Crippen LogP contribution in [-0.4, -0.2) is 31.4 Å². The minimum atomic E-state index is -1.11. The Labute approximate surface area is 101 Å². The number of anilines is 1. The molecule has 3 heterocycles. The summed E-state index contributed by atoms with van der Waals surface area (Å²) in [6.45, 7) is 0. The third kappa shape index (κ3) is 1.67. The van der Waals surface area contributed by atoms with Crippen LogP contribution in [0.25, 0.3) is 22.2 Å². The van der Waals surface area contributed by atoms with Crippen molar-refractivity contribution in [1.29, 1.82) is 0 Å². The number of aromatic amines is 2. The summed E-state index contributed by atoms with van der Waals surface area (Å²) in [7, 11) is 0. The van der Waals surface area contributed by atoms with E-state index in [0.29, 0.717) is 11.3 Å². The summed E-state index contributed by atoms with van der Waals surface area (Å²) >= 11 is 0. The fourth-order valence-corrected chi connectivity index (χ4v) is 1.83. The molecule has 90 valence electrons.